The molecule has 0 radical (unpaired) electrons. The number of azo groups is 1. The van der Waals surface area contributed by atoms with Gasteiger partial charge < -0.3 is 0 Å². The van der Waals surface area contributed by atoms with E-state index in [9.17, 15) is 4.79 Å². The predicted molar refractivity (Wildman–Crippen MR) is 113 cm³/mol. The van der Waals surface area contributed by atoms with E-state index in [-0.39, 0.29) is 5.91 Å². The maximum absolute atomic E-state index is 12.8. The van der Waals surface area contributed by atoms with E-state index >= 15 is 0 Å². The molecule has 0 aliphatic carbocycles. The van der Waals surface area contributed by atoms with Crippen LogP contribution in [0.1, 0.15) is 6.92 Å². The fourth-order valence-electron chi connectivity index (χ4n) is 2.61. The van der Waals surface area contributed by atoms with Gasteiger partial charge in [0.15, 0.2) is 6.04 Å². The van der Waals surface area contributed by atoms with Gasteiger partial charge in [0.1, 0.15) is 5.69 Å². The smallest absolute Gasteiger partial charge is 0.269 e. The largest absolute Gasteiger partial charge is 0.282 e. The third-order valence-electron chi connectivity index (χ3n) is 4.03. The Morgan fingerprint density at radius 1 is 1.14 bits per heavy atom. The van der Waals surface area contributed by atoms with Gasteiger partial charge in [0.2, 0.25) is 5.13 Å². The Labute approximate surface area is 175 Å². The molecule has 0 spiro atoms. The van der Waals surface area contributed by atoms with Crippen LogP contribution in [0.3, 0.4) is 0 Å². The number of rotatable bonds is 4. The minimum atomic E-state index is -0.809. The van der Waals surface area contributed by atoms with Gasteiger partial charge in [0.05, 0.1) is 16.4 Å². The first-order valence-corrected chi connectivity index (χ1v) is 9.92. The molecule has 1 unspecified atom stereocenters. The van der Waals surface area contributed by atoms with Gasteiger partial charge in [-0.05, 0) is 25.1 Å². The lowest BCUT2D eigenvalue weighted by atomic mass is 10.2. The summed E-state index contributed by atoms with van der Waals surface area (Å²) in [6.07, 6.45) is 0. The average Bonchev–Trinajstić information content (AvgIpc) is 3.27. The van der Waals surface area contributed by atoms with Crippen molar-refractivity contribution in [3.05, 3.63) is 64.0 Å². The molecular weight excluding hydrogens is 417 g/mol. The van der Waals surface area contributed by atoms with Crippen LogP contribution in [0.5, 0.6) is 0 Å². The molecule has 2 heterocycles. The van der Waals surface area contributed by atoms with E-state index in [2.05, 4.69) is 20.3 Å². The van der Waals surface area contributed by atoms with Crippen LogP contribution >= 0.6 is 34.5 Å². The van der Waals surface area contributed by atoms with Crippen molar-refractivity contribution < 1.29 is 4.79 Å². The van der Waals surface area contributed by atoms with E-state index in [1.54, 1.807) is 25.1 Å². The topological polar surface area (TPSA) is 70.3 Å². The first-order valence-electron chi connectivity index (χ1n) is 8.29. The number of carbonyl (C=O) groups excluding carboxylic acids is 1. The van der Waals surface area contributed by atoms with Crippen LogP contribution < -0.4 is 5.01 Å². The van der Waals surface area contributed by atoms with Crippen LogP contribution in [0.2, 0.25) is 10.0 Å². The van der Waals surface area contributed by atoms with Crippen molar-refractivity contribution in [1.82, 2.24) is 4.98 Å². The number of benzene rings is 2. The molecule has 0 saturated carbocycles. The normalized spacial score (nSPS) is 16.8. The monoisotopic (exact) mass is 429 g/mol. The Bertz CT molecular complexity index is 1100. The molecule has 0 bridgehead atoms. The minimum Gasteiger partial charge on any atom is -0.269 e. The SMILES string of the molecule is CC1=NN(c2nc(-c3ccccc3)cs2)C(=O)C1N=Nc1ccc(Cl)cc1Cl. The lowest BCUT2D eigenvalue weighted by Gasteiger charge is -2.08. The fourth-order valence-corrected chi connectivity index (χ4v) is 3.85. The number of hydrogen-bond donors (Lipinski definition) is 0. The van der Waals surface area contributed by atoms with Crippen molar-refractivity contribution in [2.45, 2.75) is 13.0 Å². The highest BCUT2D eigenvalue weighted by atomic mass is 35.5. The van der Waals surface area contributed by atoms with Crippen LogP contribution in [0.15, 0.2) is 69.2 Å². The zero-order chi connectivity index (χ0) is 19.7. The molecule has 6 nitrogen and oxygen atoms in total. The highest BCUT2D eigenvalue weighted by Gasteiger charge is 2.36. The molecule has 0 saturated heterocycles. The number of amides is 1. The Balaban J connectivity index is 1.55. The minimum absolute atomic E-state index is 0.305. The zero-order valence-electron chi connectivity index (χ0n) is 14.6. The van der Waals surface area contributed by atoms with E-state index in [0.29, 0.717) is 26.6 Å². The molecule has 1 aliphatic rings. The van der Waals surface area contributed by atoms with Crippen molar-refractivity contribution in [1.29, 1.82) is 0 Å². The molecule has 3 aromatic rings. The lowest BCUT2D eigenvalue weighted by Crippen LogP contribution is -2.29. The lowest BCUT2D eigenvalue weighted by molar-refractivity contribution is -0.117. The second-order valence-corrected chi connectivity index (χ2v) is 7.67. The zero-order valence-corrected chi connectivity index (χ0v) is 16.9. The maximum Gasteiger partial charge on any atom is 0.282 e. The Hall–Kier alpha value is -2.61. The molecule has 9 heteroatoms. The number of aromatic nitrogens is 1. The molecule has 4 rings (SSSR count). The molecule has 1 atom stereocenters. The van der Waals surface area contributed by atoms with Crippen LogP contribution in [0.25, 0.3) is 11.3 Å². The van der Waals surface area contributed by atoms with Crippen LogP contribution in [0.4, 0.5) is 10.8 Å². The molecule has 1 aliphatic heterocycles. The highest BCUT2D eigenvalue weighted by Crippen LogP contribution is 2.32. The van der Waals surface area contributed by atoms with Gasteiger partial charge in [-0.1, -0.05) is 53.5 Å². The number of thiazole rings is 1. The second kappa shape index (κ2) is 7.79. The summed E-state index contributed by atoms with van der Waals surface area (Å²) in [7, 11) is 0. The van der Waals surface area contributed by atoms with Crippen LogP contribution in [-0.4, -0.2) is 22.6 Å². The van der Waals surface area contributed by atoms with Crippen molar-refractivity contribution in [2.24, 2.45) is 15.3 Å². The Morgan fingerprint density at radius 3 is 2.68 bits per heavy atom. The van der Waals surface area contributed by atoms with Gasteiger partial charge in [0.25, 0.3) is 5.91 Å². The van der Waals surface area contributed by atoms with Crippen molar-refractivity contribution in [3.63, 3.8) is 0 Å². The summed E-state index contributed by atoms with van der Waals surface area (Å²) in [5.41, 5.74) is 2.74. The first-order chi connectivity index (χ1) is 13.5. The molecule has 1 aromatic heterocycles. The summed E-state index contributed by atoms with van der Waals surface area (Å²) < 4.78 is 0. The number of anilines is 1. The average molecular weight is 430 g/mol. The highest BCUT2D eigenvalue weighted by molar-refractivity contribution is 7.14. The van der Waals surface area contributed by atoms with E-state index in [1.165, 1.54) is 16.3 Å². The van der Waals surface area contributed by atoms with Crippen molar-refractivity contribution in [3.8, 4) is 11.3 Å². The van der Waals surface area contributed by atoms with Gasteiger partial charge in [-0.2, -0.15) is 20.3 Å². The summed E-state index contributed by atoms with van der Waals surface area (Å²) in [6, 6.07) is 13.8. The van der Waals surface area contributed by atoms with Gasteiger partial charge in [-0.3, -0.25) is 4.79 Å². The standard InChI is InChI=1S/C19H13Cl2N5OS/c1-11-17(24-23-15-8-7-13(20)9-14(15)21)18(27)26(25-11)19-22-16(10-28-19)12-5-3-2-4-6-12/h2-10,17H,1H3. The molecular formula is C19H13Cl2N5OS. The number of halogens is 2. The quantitative estimate of drug-likeness (QED) is 0.477. The summed E-state index contributed by atoms with van der Waals surface area (Å²) in [6.45, 7) is 1.73. The van der Waals surface area contributed by atoms with Crippen LogP contribution in [-0.2, 0) is 4.79 Å². The van der Waals surface area contributed by atoms with E-state index in [1.807, 2.05) is 35.7 Å². The molecule has 1 amide bonds. The second-order valence-electron chi connectivity index (χ2n) is 5.99. The molecule has 28 heavy (non-hydrogen) atoms. The van der Waals surface area contributed by atoms with Gasteiger partial charge in [0, 0.05) is 16.0 Å². The van der Waals surface area contributed by atoms with Gasteiger partial charge >= 0.3 is 0 Å². The number of hydrazone groups is 1. The molecule has 140 valence electrons. The first kappa shape index (κ1) is 18.7. The van der Waals surface area contributed by atoms with E-state index in [0.717, 1.165) is 11.3 Å². The Kier molecular flexibility index (Phi) is 5.21. The summed E-state index contributed by atoms with van der Waals surface area (Å²) in [4.78, 5) is 17.3. The molecule has 0 N–H and O–H groups in total. The predicted octanol–water partition coefficient (Wildman–Crippen LogP) is 5.99. The number of nitrogens with zero attached hydrogens (tertiary/aromatic N) is 5. The molecule has 2 aromatic carbocycles. The third-order valence-corrected chi connectivity index (χ3v) is 5.38. The van der Waals surface area contributed by atoms with Crippen molar-refractivity contribution in [2.75, 3.05) is 5.01 Å². The summed E-state index contributed by atoms with van der Waals surface area (Å²) >= 11 is 13.3. The van der Waals surface area contributed by atoms with E-state index < -0.39 is 6.04 Å². The summed E-state index contributed by atoms with van der Waals surface area (Å²) in [5.74, 6) is -0.305. The van der Waals surface area contributed by atoms with Gasteiger partial charge in [-0.15, -0.1) is 11.3 Å². The fraction of sp³-hybridized carbons (Fsp3) is 0.105. The summed E-state index contributed by atoms with van der Waals surface area (Å²) in [5, 5.41) is 17.1. The maximum atomic E-state index is 12.8. The Morgan fingerprint density at radius 2 is 1.93 bits per heavy atom. The number of hydrogen-bond acceptors (Lipinski definition) is 6. The van der Waals surface area contributed by atoms with Gasteiger partial charge in [-0.25, -0.2) is 4.98 Å². The molecule has 0 fully saturated rings. The number of carbonyl (C=O) groups is 1. The van der Waals surface area contributed by atoms with Crippen molar-refractivity contribution >= 4 is 57.0 Å². The van der Waals surface area contributed by atoms with Crippen LogP contribution in [0, 0.1) is 0 Å². The van der Waals surface area contributed by atoms with E-state index in [4.69, 9.17) is 23.2 Å². The third kappa shape index (κ3) is 3.69.